The minimum atomic E-state index is -0.327. The highest BCUT2D eigenvalue weighted by Gasteiger charge is 2.06. The summed E-state index contributed by atoms with van der Waals surface area (Å²) < 4.78 is 15.1. The van der Waals surface area contributed by atoms with Gasteiger partial charge in [-0.1, -0.05) is 6.92 Å². The van der Waals surface area contributed by atoms with Crippen LogP contribution in [0.1, 0.15) is 23.7 Å². The molecular weight excluding hydrogens is 255 g/mol. The van der Waals surface area contributed by atoms with Gasteiger partial charge in [0.05, 0.1) is 23.7 Å². The van der Waals surface area contributed by atoms with Gasteiger partial charge in [0, 0.05) is 25.7 Å². The van der Waals surface area contributed by atoms with Crippen molar-refractivity contribution in [3.63, 3.8) is 0 Å². The molecule has 2 aromatic rings. The molecule has 104 valence electrons. The molecule has 0 spiro atoms. The summed E-state index contributed by atoms with van der Waals surface area (Å²) in [7, 11) is 0. The predicted molar refractivity (Wildman–Crippen MR) is 74.7 cm³/mol. The minimum absolute atomic E-state index is 0.327. The van der Waals surface area contributed by atoms with Crippen LogP contribution in [0.5, 0.6) is 0 Å². The summed E-state index contributed by atoms with van der Waals surface area (Å²) >= 11 is 0. The Morgan fingerprint density at radius 3 is 3.05 bits per heavy atom. The lowest BCUT2D eigenvalue weighted by molar-refractivity contribution is 0.623. The highest BCUT2D eigenvalue weighted by atomic mass is 19.1. The van der Waals surface area contributed by atoms with E-state index in [1.54, 1.807) is 6.33 Å². The summed E-state index contributed by atoms with van der Waals surface area (Å²) in [5.74, 6) is -0.327. The molecule has 1 N–H and O–H groups in total. The molecular formula is C15H17FN4. The lowest BCUT2D eigenvalue weighted by Gasteiger charge is -2.05. The molecule has 5 heteroatoms. The van der Waals surface area contributed by atoms with Crippen LogP contribution in [0.3, 0.4) is 0 Å². The van der Waals surface area contributed by atoms with Crippen LogP contribution < -0.4 is 5.32 Å². The van der Waals surface area contributed by atoms with E-state index in [1.165, 1.54) is 18.2 Å². The first-order chi connectivity index (χ1) is 9.72. The third-order valence-electron chi connectivity index (χ3n) is 3.04. The molecule has 0 aliphatic rings. The quantitative estimate of drug-likeness (QED) is 0.819. The highest BCUT2D eigenvalue weighted by Crippen LogP contribution is 2.12. The Labute approximate surface area is 117 Å². The average Bonchev–Trinajstić information content (AvgIpc) is 2.87. The maximum atomic E-state index is 13.3. The van der Waals surface area contributed by atoms with E-state index in [9.17, 15) is 4.39 Å². The monoisotopic (exact) mass is 272 g/mol. The second kappa shape index (κ2) is 6.83. The minimum Gasteiger partial charge on any atom is -0.333 e. The van der Waals surface area contributed by atoms with Crippen LogP contribution >= 0.6 is 0 Å². The Hall–Kier alpha value is -2.19. The number of aromatic nitrogens is 2. The largest absolute Gasteiger partial charge is 0.333 e. The van der Waals surface area contributed by atoms with E-state index in [-0.39, 0.29) is 5.82 Å². The van der Waals surface area contributed by atoms with Gasteiger partial charge in [-0.15, -0.1) is 0 Å². The summed E-state index contributed by atoms with van der Waals surface area (Å²) in [5, 5.41) is 12.3. The van der Waals surface area contributed by atoms with E-state index >= 15 is 0 Å². The summed E-state index contributed by atoms with van der Waals surface area (Å²) in [6, 6.07) is 6.29. The SMILES string of the molecule is CCNCCc1cn(Cc2cc(F)ccc2C#N)cn1. The van der Waals surface area contributed by atoms with Crippen molar-refractivity contribution >= 4 is 0 Å². The highest BCUT2D eigenvalue weighted by molar-refractivity contribution is 5.38. The fourth-order valence-electron chi connectivity index (χ4n) is 2.01. The third kappa shape index (κ3) is 3.65. The molecule has 0 atom stereocenters. The Morgan fingerprint density at radius 1 is 1.45 bits per heavy atom. The number of rotatable bonds is 6. The van der Waals surface area contributed by atoms with Crippen LogP contribution in [0.4, 0.5) is 4.39 Å². The molecule has 0 amide bonds. The smallest absolute Gasteiger partial charge is 0.123 e. The van der Waals surface area contributed by atoms with Crippen molar-refractivity contribution < 1.29 is 4.39 Å². The first-order valence-electron chi connectivity index (χ1n) is 6.63. The number of nitriles is 1. The second-order valence-electron chi connectivity index (χ2n) is 4.55. The van der Waals surface area contributed by atoms with Gasteiger partial charge in [0.1, 0.15) is 5.82 Å². The number of imidazole rings is 1. The molecule has 0 radical (unpaired) electrons. The van der Waals surface area contributed by atoms with Gasteiger partial charge in [-0.2, -0.15) is 5.26 Å². The van der Waals surface area contributed by atoms with E-state index in [4.69, 9.17) is 5.26 Å². The maximum Gasteiger partial charge on any atom is 0.123 e. The van der Waals surface area contributed by atoms with Gasteiger partial charge < -0.3 is 9.88 Å². The third-order valence-corrected chi connectivity index (χ3v) is 3.04. The lowest BCUT2D eigenvalue weighted by atomic mass is 10.1. The molecule has 0 unspecified atom stereocenters. The first kappa shape index (κ1) is 14.2. The number of benzene rings is 1. The summed E-state index contributed by atoms with van der Waals surface area (Å²) in [6.07, 6.45) is 4.51. The normalized spacial score (nSPS) is 10.4. The number of nitrogens with zero attached hydrogens (tertiary/aromatic N) is 3. The van der Waals surface area contributed by atoms with Crippen molar-refractivity contribution in [1.29, 1.82) is 5.26 Å². The Morgan fingerprint density at radius 2 is 2.30 bits per heavy atom. The van der Waals surface area contributed by atoms with Crippen molar-refractivity contribution in [3.8, 4) is 6.07 Å². The zero-order chi connectivity index (χ0) is 14.4. The van der Waals surface area contributed by atoms with Crippen LogP contribution in [0, 0.1) is 17.1 Å². The number of likely N-dealkylation sites (N-methyl/N-ethyl adjacent to an activating group) is 1. The second-order valence-corrected chi connectivity index (χ2v) is 4.55. The van der Waals surface area contributed by atoms with E-state index in [2.05, 4.69) is 23.3 Å². The van der Waals surface area contributed by atoms with E-state index < -0.39 is 0 Å². The Bertz CT molecular complexity index is 613. The van der Waals surface area contributed by atoms with Gasteiger partial charge in [-0.05, 0) is 30.3 Å². The molecule has 20 heavy (non-hydrogen) atoms. The van der Waals surface area contributed by atoms with Crippen LogP contribution in [0.2, 0.25) is 0 Å². The summed E-state index contributed by atoms with van der Waals surface area (Å²) in [6.45, 7) is 4.34. The Kier molecular flexibility index (Phi) is 4.85. The molecule has 0 saturated carbocycles. The number of nitrogens with one attached hydrogen (secondary N) is 1. The first-order valence-corrected chi connectivity index (χ1v) is 6.63. The van der Waals surface area contributed by atoms with Gasteiger partial charge in [0.25, 0.3) is 0 Å². The number of halogens is 1. The van der Waals surface area contributed by atoms with Crippen molar-refractivity contribution in [2.75, 3.05) is 13.1 Å². The van der Waals surface area contributed by atoms with Gasteiger partial charge in [-0.25, -0.2) is 9.37 Å². The van der Waals surface area contributed by atoms with Crippen molar-refractivity contribution in [2.24, 2.45) is 0 Å². The molecule has 1 heterocycles. The molecule has 0 fully saturated rings. The zero-order valence-corrected chi connectivity index (χ0v) is 11.4. The van der Waals surface area contributed by atoms with E-state index in [1.807, 2.05) is 10.8 Å². The Balaban J connectivity index is 2.07. The molecule has 4 nitrogen and oxygen atoms in total. The molecule has 1 aromatic heterocycles. The van der Waals surface area contributed by atoms with Gasteiger partial charge in [-0.3, -0.25) is 0 Å². The lowest BCUT2D eigenvalue weighted by Crippen LogP contribution is -2.16. The van der Waals surface area contributed by atoms with Gasteiger partial charge in [0.2, 0.25) is 0 Å². The van der Waals surface area contributed by atoms with Gasteiger partial charge >= 0.3 is 0 Å². The fraction of sp³-hybridized carbons (Fsp3) is 0.333. The topological polar surface area (TPSA) is 53.6 Å². The predicted octanol–water partition coefficient (Wildman–Crippen LogP) is 2.09. The number of hydrogen-bond acceptors (Lipinski definition) is 3. The van der Waals surface area contributed by atoms with E-state index in [0.29, 0.717) is 17.7 Å². The molecule has 0 aliphatic carbocycles. The number of hydrogen-bond donors (Lipinski definition) is 1. The molecule has 0 aliphatic heterocycles. The average molecular weight is 272 g/mol. The van der Waals surface area contributed by atoms with Crippen molar-refractivity contribution in [3.05, 3.63) is 53.4 Å². The van der Waals surface area contributed by atoms with Crippen molar-refractivity contribution in [1.82, 2.24) is 14.9 Å². The van der Waals surface area contributed by atoms with Crippen LogP contribution in [-0.2, 0) is 13.0 Å². The molecule has 0 bridgehead atoms. The molecule has 1 aromatic carbocycles. The van der Waals surface area contributed by atoms with E-state index in [0.717, 1.165) is 25.2 Å². The zero-order valence-electron chi connectivity index (χ0n) is 11.4. The van der Waals surface area contributed by atoms with Crippen LogP contribution in [0.15, 0.2) is 30.7 Å². The summed E-state index contributed by atoms with van der Waals surface area (Å²) in [4.78, 5) is 4.31. The molecule has 2 rings (SSSR count). The van der Waals surface area contributed by atoms with Crippen LogP contribution in [-0.4, -0.2) is 22.6 Å². The summed E-state index contributed by atoms with van der Waals surface area (Å²) in [5.41, 5.74) is 2.15. The van der Waals surface area contributed by atoms with Crippen LogP contribution in [0.25, 0.3) is 0 Å². The maximum absolute atomic E-state index is 13.3. The van der Waals surface area contributed by atoms with Crippen molar-refractivity contribution in [2.45, 2.75) is 19.9 Å². The molecule has 0 saturated heterocycles. The fourth-order valence-corrected chi connectivity index (χ4v) is 2.01. The standard InChI is InChI=1S/C15H17FN4/c1-2-18-6-5-15-10-20(11-19-15)9-13-7-14(16)4-3-12(13)8-17/h3-4,7,10-11,18H,2,5-6,9H2,1H3. The van der Waals surface area contributed by atoms with Gasteiger partial charge in [0.15, 0.2) is 0 Å².